The summed E-state index contributed by atoms with van der Waals surface area (Å²) >= 11 is 0. The van der Waals surface area contributed by atoms with Crippen LogP contribution in [0.3, 0.4) is 0 Å². The molecule has 0 atom stereocenters. The van der Waals surface area contributed by atoms with E-state index in [2.05, 4.69) is 5.32 Å². The number of hydrogen-bond acceptors (Lipinski definition) is 2. The molecule has 3 nitrogen and oxygen atoms in total. The number of hydrogen-bond donors (Lipinski definition) is 1. The number of nitrogens with one attached hydrogen (secondary N) is 1. The molecule has 0 unspecified atom stereocenters. The van der Waals surface area contributed by atoms with Gasteiger partial charge < -0.3 is 10.2 Å². The lowest BCUT2D eigenvalue weighted by Crippen LogP contribution is -2.50. The predicted octanol–water partition coefficient (Wildman–Crippen LogP) is 3.79. The zero-order valence-corrected chi connectivity index (χ0v) is 13.6. The zero-order valence-electron chi connectivity index (χ0n) is 13.6. The van der Waals surface area contributed by atoms with Gasteiger partial charge in [0.2, 0.25) is 0 Å². The predicted molar refractivity (Wildman–Crippen MR) is 76.5 cm³/mol. The van der Waals surface area contributed by atoms with Gasteiger partial charge in [-0.2, -0.15) is 26.3 Å². The van der Waals surface area contributed by atoms with Crippen molar-refractivity contribution in [2.75, 3.05) is 20.6 Å². The number of alkyl halides is 6. The lowest BCUT2D eigenvalue weighted by Gasteiger charge is -2.29. The molecular formula is C15H18F6N2O. The van der Waals surface area contributed by atoms with Gasteiger partial charge in [-0.1, -0.05) is 0 Å². The summed E-state index contributed by atoms with van der Waals surface area (Å²) in [5.41, 5.74) is -4.57. The molecule has 0 radical (unpaired) electrons. The van der Waals surface area contributed by atoms with Crippen molar-refractivity contribution in [3.63, 3.8) is 0 Å². The highest BCUT2D eigenvalue weighted by molar-refractivity contribution is 5.95. The average Bonchev–Trinajstić information content (AvgIpc) is 2.33. The molecule has 0 heterocycles. The van der Waals surface area contributed by atoms with E-state index in [9.17, 15) is 31.1 Å². The summed E-state index contributed by atoms with van der Waals surface area (Å²) in [6, 6.07) is 0.814. The van der Waals surface area contributed by atoms with E-state index in [0.29, 0.717) is 18.7 Å². The lowest BCUT2D eigenvalue weighted by atomic mass is 10.0. The molecule has 0 fully saturated rings. The molecule has 1 aromatic carbocycles. The van der Waals surface area contributed by atoms with Crippen molar-refractivity contribution in [1.82, 2.24) is 10.2 Å². The maximum Gasteiger partial charge on any atom is 0.416 e. The maximum absolute atomic E-state index is 12.8. The third-order valence-electron chi connectivity index (χ3n) is 3.01. The van der Waals surface area contributed by atoms with E-state index in [1.54, 1.807) is 32.8 Å². The molecule has 0 aliphatic heterocycles. The van der Waals surface area contributed by atoms with Crippen LogP contribution in [0.4, 0.5) is 26.3 Å². The Morgan fingerprint density at radius 3 is 1.71 bits per heavy atom. The van der Waals surface area contributed by atoms with E-state index in [1.807, 2.05) is 0 Å². The topological polar surface area (TPSA) is 32.3 Å². The van der Waals surface area contributed by atoms with E-state index in [0.717, 1.165) is 0 Å². The first-order chi connectivity index (χ1) is 10.6. The van der Waals surface area contributed by atoms with E-state index in [-0.39, 0.29) is 6.07 Å². The summed E-state index contributed by atoms with van der Waals surface area (Å²) in [5.74, 6) is -1.00. The Balaban J connectivity index is 3.25. The minimum atomic E-state index is -4.99. The fourth-order valence-corrected chi connectivity index (χ4v) is 2.30. The van der Waals surface area contributed by atoms with Crippen LogP contribution in [0, 0.1) is 0 Å². The molecule has 0 aliphatic rings. The summed E-state index contributed by atoms with van der Waals surface area (Å²) in [4.78, 5) is 13.9. The molecule has 1 aromatic rings. The Kier molecular flexibility index (Phi) is 5.59. The van der Waals surface area contributed by atoms with Gasteiger partial charge in [0, 0.05) is 17.6 Å². The quantitative estimate of drug-likeness (QED) is 0.833. The van der Waals surface area contributed by atoms with Gasteiger partial charge >= 0.3 is 12.4 Å². The number of halogens is 6. The van der Waals surface area contributed by atoms with Gasteiger partial charge in [-0.15, -0.1) is 0 Å². The normalized spacial score (nSPS) is 13.3. The Morgan fingerprint density at radius 1 is 0.958 bits per heavy atom. The molecule has 0 aromatic heterocycles. The fraction of sp³-hybridized carbons (Fsp3) is 0.533. The monoisotopic (exact) mass is 356 g/mol. The van der Waals surface area contributed by atoms with Gasteiger partial charge in [-0.3, -0.25) is 4.79 Å². The van der Waals surface area contributed by atoms with E-state index < -0.39 is 40.5 Å². The van der Waals surface area contributed by atoms with Crippen LogP contribution in [0.15, 0.2) is 18.2 Å². The summed E-state index contributed by atoms with van der Waals surface area (Å²) in [6.45, 7) is 3.58. The Labute approximate surface area is 135 Å². The fourth-order valence-electron chi connectivity index (χ4n) is 2.30. The van der Waals surface area contributed by atoms with Crippen molar-refractivity contribution in [3.8, 4) is 0 Å². The van der Waals surface area contributed by atoms with Crippen molar-refractivity contribution in [2.45, 2.75) is 31.7 Å². The second-order valence-corrected chi connectivity index (χ2v) is 6.37. The number of carbonyl (C=O) groups is 1. The number of nitrogens with zero attached hydrogens (tertiary/aromatic N) is 1. The first-order valence-corrected chi connectivity index (χ1v) is 6.88. The molecule has 9 heteroatoms. The molecule has 24 heavy (non-hydrogen) atoms. The minimum Gasteiger partial charge on any atom is -0.346 e. The Bertz CT molecular complexity index is 573. The highest BCUT2D eigenvalue weighted by atomic mass is 19.4. The maximum atomic E-state index is 12.8. The molecule has 0 aliphatic carbocycles. The van der Waals surface area contributed by atoms with Crippen molar-refractivity contribution in [3.05, 3.63) is 34.9 Å². The molecule has 0 saturated heterocycles. The van der Waals surface area contributed by atoms with Gasteiger partial charge in [0.05, 0.1) is 11.1 Å². The Hall–Kier alpha value is -1.77. The zero-order chi connectivity index (χ0) is 18.9. The van der Waals surface area contributed by atoms with E-state index >= 15 is 0 Å². The van der Waals surface area contributed by atoms with Crippen LogP contribution in [0.25, 0.3) is 0 Å². The van der Waals surface area contributed by atoms with Crippen molar-refractivity contribution in [1.29, 1.82) is 0 Å². The SMILES string of the molecule is CN(C)CC(C)(C)NC(=O)c1cc(C(F)(F)F)cc(C(F)(F)F)c1. The van der Waals surface area contributed by atoms with Crippen LogP contribution in [0.1, 0.15) is 35.3 Å². The van der Waals surface area contributed by atoms with Crippen LogP contribution in [-0.2, 0) is 12.4 Å². The number of carbonyl (C=O) groups excluding carboxylic acids is 1. The molecule has 0 spiro atoms. The van der Waals surface area contributed by atoms with Crippen LogP contribution in [-0.4, -0.2) is 37.0 Å². The number of benzene rings is 1. The smallest absolute Gasteiger partial charge is 0.346 e. The summed E-state index contributed by atoms with van der Waals surface area (Å²) < 4.78 is 76.8. The summed E-state index contributed by atoms with van der Waals surface area (Å²) in [5, 5.41) is 2.45. The molecule has 136 valence electrons. The highest BCUT2D eigenvalue weighted by Gasteiger charge is 2.37. The van der Waals surface area contributed by atoms with E-state index in [1.165, 1.54) is 0 Å². The molecule has 1 amide bonds. The molecule has 0 saturated carbocycles. The second kappa shape index (κ2) is 6.62. The van der Waals surface area contributed by atoms with E-state index in [4.69, 9.17) is 0 Å². The van der Waals surface area contributed by atoms with Crippen LogP contribution in [0.2, 0.25) is 0 Å². The van der Waals surface area contributed by atoms with Crippen molar-refractivity contribution < 1.29 is 31.1 Å². The van der Waals surface area contributed by atoms with Gasteiger partial charge in [-0.05, 0) is 46.1 Å². The van der Waals surface area contributed by atoms with Crippen molar-refractivity contribution >= 4 is 5.91 Å². The first kappa shape index (κ1) is 20.3. The molecule has 1 N–H and O–H groups in total. The number of amides is 1. The van der Waals surface area contributed by atoms with Crippen LogP contribution < -0.4 is 5.32 Å². The van der Waals surface area contributed by atoms with Gasteiger partial charge in [0.1, 0.15) is 0 Å². The highest BCUT2D eigenvalue weighted by Crippen LogP contribution is 2.36. The van der Waals surface area contributed by atoms with Gasteiger partial charge in [0.15, 0.2) is 0 Å². The van der Waals surface area contributed by atoms with Crippen LogP contribution in [0.5, 0.6) is 0 Å². The van der Waals surface area contributed by atoms with Crippen LogP contribution >= 0.6 is 0 Å². The summed E-state index contributed by atoms with van der Waals surface area (Å²) in [7, 11) is 3.44. The first-order valence-electron chi connectivity index (χ1n) is 6.88. The molecule has 0 bridgehead atoms. The number of rotatable bonds is 4. The third-order valence-corrected chi connectivity index (χ3v) is 3.01. The molecule has 1 rings (SSSR count). The second-order valence-electron chi connectivity index (χ2n) is 6.37. The Morgan fingerprint density at radius 2 is 1.38 bits per heavy atom. The lowest BCUT2D eigenvalue weighted by molar-refractivity contribution is -0.143. The van der Waals surface area contributed by atoms with Gasteiger partial charge in [0.25, 0.3) is 5.91 Å². The average molecular weight is 356 g/mol. The van der Waals surface area contributed by atoms with Gasteiger partial charge in [-0.25, -0.2) is 0 Å². The largest absolute Gasteiger partial charge is 0.416 e. The number of likely N-dealkylation sites (N-methyl/N-ethyl adjacent to an activating group) is 1. The standard InChI is InChI=1S/C15H18F6N2O/c1-13(2,8-23(3)4)22-12(24)9-5-10(14(16,17)18)7-11(6-9)15(19,20)21/h5-7H,8H2,1-4H3,(H,22,24). The third kappa shape index (κ3) is 5.70. The summed E-state index contributed by atoms with van der Waals surface area (Å²) in [6.07, 6.45) is -9.98. The van der Waals surface area contributed by atoms with Crippen molar-refractivity contribution in [2.24, 2.45) is 0 Å². The minimum absolute atomic E-state index is 0.0122. The molecular weight excluding hydrogens is 338 g/mol.